The van der Waals surface area contributed by atoms with Gasteiger partial charge in [-0.1, -0.05) is 17.7 Å². The zero-order valence-corrected chi connectivity index (χ0v) is 15.0. The molecule has 0 bridgehead atoms. The van der Waals surface area contributed by atoms with Gasteiger partial charge < -0.3 is 10.1 Å². The lowest BCUT2D eigenvalue weighted by molar-refractivity contribution is 0.0730. The Hall–Kier alpha value is -1.45. The molecule has 1 fully saturated rings. The monoisotopic (exact) mass is 386 g/mol. The number of thiophene rings is 1. The number of ether oxygens (including phenoxy) is 1. The van der Waals surface area contributed by atoms with Gasteiger partial charge in [-0.25, -0.2) is 8.42 Å². The van der Waals surface area contributed by atoms with E-state index < -0.39 is 10.0 Å². The summed E-state index contributed by atoms with van der Waals surface area (Å²) in [5.41, 5.74) is 0.268. The third-order valence-electron chi connectivity index (χ3n) is 3.54. The van der Waals surface area contributed by atoms with Gasteiger partial charge in [0.05, 0.1) is 33.7 Å². The second-order valence-corrected chi connectivity index (χ2v) is 8.38. The van der Waals surface area contributed by atoms with E-state index in [1.165, 1.54) is 33.8 Å². The number of rotatable bonds is 4. The van der Waals surface area contributed by atoms with Crippen LogP contribution in [0.4, 0.5) is 5.69 Å². The molecule has 1 aliphatic heterocycles. The van der Waals surface area contributed by atoms with Gasteiger partial charge in [0.2, 0.25) is 10.0 Å². The number of amides is 1. The van der Waals surface area contributed by atoms with E-state index in [0.29, 0.717) is 31.2 Å². The molecule has 128 valence electrons. The number of nitrogens with one attached hydrogen (secondary N) is 1. The Bertz CT molecular complexity index is 831. The summed E-state index contributed by atoms with van der Waals surface area (Å²) in [5.74, 6) is -0.326. The van der Waals surface area contributed by atoms with Gasteiger partial charge in [-0.15, -0.1) is 11.3 Å². The Balaban J connectivity index is 1.87. The Morgan fingerprint density at radius 3 is 2.67 bits per heavy atom. The minimum Gasteiger partial charge on any atom is -0.379 e. The fourth-order valence-electron chi connectivity index (χ4n) is 2.29. The summed E-state index contributed by atoms with van der Waals surface area (Å²) in [6, 6.07) is 7.74. The minimum atomic E-state index is -3.64. The second-order valence-electron chi connectivity index (χ2n) is 5.09. The maximum absolute atomic E-state index is 12.7. The summed E-state index contributed by atoms with van der Waals surface area (Å²) in [6.45, 7) is 1.35. The van der Waals surface area contributed by atoms with Gasteiger partial charge in [0.25, 0.3) is 5.91 Å². The van der Waals surface area contributed by atoms with Crippen molar-refractivity contribution in [2.24, 2.45) is 0 Å². The van der Waals surface area contributed by atoms with Crippen molar-refractivity contribution in [2.45, 2.75) is 4.90 Å². The normalized spacial score (nSPS) is 16.0. The van der Waals surface area contributed by atoms with Gasteiger partial charge >= 0.3 is 0 Å². The van der Waals surface area contributed by atoms with Crippen molar-refractivity contribution in [1.29, 1.82) is 0 Å². The van der Waals surface area contributed by atoms with E-state index in [1.54, 1.807) is 17.5 Å². The molecule has 1 N–H and O–H groups in total. The number of carbonyl (C=O) groups is 1. The van der Waals surface area contributed by atoms with Crippen LogP contribution in [0.1, 0.15) is 9.67 Å². The predicted octanol–water partition coefficient (Wildman–Crippen LogP) is 2.67. The van der Waals surface area contributed by atoms with Gasteiger partial charge in [0.1, 0.15) is 0 Å². The number of benzene rings is 1. The number of carbonyl (C=O) groups excluding carboxylic acids is 1. The second kappa shape index (κ2) is 7.20. The summed E-state index contributed by atoms with van der Waals surface area (Å²) in [4.78, 5) is 12.8. The average Bonchev–Trinajstić information content (AvgIpc) is 3.12. The molecule has 0 unspecified atom stereocenters. The van der Waals surface area contributed by atoms with Gasteiger partial charge in [0, 0.05) is 13.1 Å². The maximum atomic E-state index is 12.7. The third kappa shape index (κ3) is 3.62. The summed E-state index contributed by atoms with van der Waals surface area (Å²) < 4.78 is 31.9. The summed E-state index contributed by atoms with van der Waals surface area (Å²) in [5, 5.41) is 4.73. The lowest BCUT2D eigenvalue weighted by Gasteiger charge is -2.26. The van der Waals surface area contributed by atoms with Gasteiger partial charge in [-0.3, -0.25) is 4.79 Å². The Kier molecular flexibility index (Phi) is 5.21. The van der Waals surface area contributed by atoms with E-state index in [2.05, 4.69) is 5.32 Å². The molecule has 1 aliphatic rings. The summed E-state index contributed by atoms with van der Waals surface area (Å²) in [7, 11) is -3.64. The van der Waals surface area contributed by atoms with Crippen LogP contribution in [0.25, 0.3) is 0 Å². The molecule has 0 saturated carbocycles. The highest BCUT2D eigenvalue weighted by molar-refractivity contribution is 7.89. The number of nitrogens with zero attached hydrogens (tertiary/aromatic N) is 1. The van der Waals surface area contributed by atoms with Crippen molar-refractivity contribution in [3.63, 3.8) is 0 Å². The molecule has 2 heterocycles. The highest BCUT2D eigenvalue weighted by Crippen LogP contribution is 2.28. The number of morpholine rings is 1. The molecular formula is C15H15ClN2O4S2. The zero-order valence-electron chi connectivity index (χ0n) is 12.6. The number of hydrogen-bond acceptors (Lipinski definition) is 5. The lowest BCUT2D eigenvalue weighted by atomic mass is 10.3. The van der Waals surface area contributed by atoms with Gasteiger partial charge in [-0.05, 0) is 29.6 Å². The van der Waals surface area contributed by atoms with Crippen LogP contribution in [0.3, 0.4) is 0 Å². The molecule has 1 aromatic heterocycles. The largest absolute Gasteiger partial charge is 0.379 e. The standard InChI is InChI=1S/C15H15ClN2O4S2/c16-12-4-3-11(24(20,21)18-5-7-22-8-6-18)10-13(12)17-15(19)14-2-1-9-23-14/h1-4,9-10H,5-8H2,(H,17,19). The van der Waals surface area contributed by atoms with Crippen LogP contribution >= 0.6 is 22.9 Å². The van der Waals surface area contributed by atoms with Crippen LogP contribution in [0.2, 0.25) is 5.02 Å². The van der Waals surface area contributed by atoms with E-state index >= 15 is 0 Å². The van der Waals surface area contributed by atoms with E-state index in [1.807, 2.05) is 0 Å². The Morgan fingerprint density at radius 1 is 1.25 bits per heavy atom. The first-order valence-electron chi connectivity index (χ1n) is 7.21. The number of sulfonamides is 1. The van der Waals surface area contributed by atoms with Gasteiger partial charge in [0.15, 0.2) is 0 Å². The van der Waals surface area contributed by atoms with E-state index in [0.717, 1.165) is 0 Å². The van der Waals surface area contributed by atoms with E-state index in [4.69, 9.17) is 16.3 Å². The molecule has 24 heavy (non-hydrogen) atoms. The third-order valence-corrected chi connectivity index (χ3v) is 6.63. The lowest BCUT2D eigenvalue weighted by Crippen LogP contribution is -2.40. The molecule has 9 heteroatoms. The highest BCUT2D eigenvalue weighted by atomic mass is 35.5. The number of anilines is 1. The zero-order chi connectivity index (χ0) is 17.2. The molecule has 3 rings (SSSR count). The fourth-order valence-corrected chi connectivity index (χ4v) is 4.51. The molecule has 1 amide bonds. The number of halogens is 1. The average molecular weight is 387 g/mol. The first-order chi connectivity index (χ1) is 11.5. The molecular weight excluding hydrogens is 372 g/mol. The van der Waals surface area contributed by atoms with Crippen molar-refractivity contribution in [3.8, 4) is 0 Å². The first-order valence-corrected chi connectivity index (χ1v) is 9.90. The minimum absolute atomic E-state index is 0.0929. The molecule has 6 nitrogen and oxygen atoms in total. The van der Waals surface area contributed by atoms with Crippen LogP contribution in [0, 0.1) is 0 Å². The molecule has 2 aromatic rings. The molecule has 1 saturated heterocycles. The van der Waals surface area contributed by atoms with Crippen molar-refractivity contribution < 1.29 is 17.9 Å². The van der Waals surface area contributed by atoms with E-state index in [-0.39, 0.29) is 21.5 Å². The van der Waals surface area contributed by atoms with Crippen molar-refractivity contribution in [1.82, 2.24) is 4.31 Å². The van der Waals surface area contributed by atoms with Crippen LogP contribution < -0.4 is 5.32 Å². The highest BCUT2D eigenvalue weighted by Gasteiger charge is 2.27. The molecule has 0 radical (unpaired) electrons. The SMILES string of the molecule is O=C(Nc1cc(S(=O)(=O)N2CCOCC2)ccc1Cl)c1cccs1. The fraction of sp³-hybridized carbons (Fsp3) is 0.267. The van der Waals surface area contributed by atoms with Crippen molar-refractivity contribution in [3.05, 3.63) is 45.6 Å². The van der Waals surface area contributed by atoms with Gasteiger partial charge in [-0.2, -0.15) is 4.31 Å². The quantitative estimate of drug-likeness (QED) is 0.876. The van der Waals surface area contributed by atoms with Crippen molar-refractivity contribution in [2.75, 3.05) is 31.6 Å². The summed E-state index contributed by atoms with van der Waals surface area (Å²) >= 11 is 7.39. The van der Waals surface area contributed by atoms with E-state index in [9.17, 15) is 13.2 Å². The van der Waals surface area contributed by atoms with Crippen LogP contribution in [-0.2, 0) is 14.8 Å². The molecule has 1 aromatic carbocycles. The Morgan fingerprint density at radius 2 is 2.00 bits per heavy atom. The predicted molar refractivity (Wildman–Crippen MR) is 93.3 cm³/mol. The smallest absolute Gasteiger partial charge is 0.265 e. The maximum Gasteiger partial charge on any atom is 0.265 e. The summed E-state index contributed by atoms with van der Waals surface area (Å²) in [6.07, 6.45) is 0. The van der Waals surface area contributed by atoms with Crippen LogP contribution in [0.15, 0.2) is 40.6 Å². The van der Waals surface area contributed by atoms with Crippen LogP contribution in [-0.4, -0.2) is 44.9 Å². The molecule has 0 atom stereocenters. The van der Waals surface area contributed by atoms with Crippen LogP contribution in [0.5, 0.6) is 0 Å². The van der Waals surface area contributed by atoms with Crippen molar-refractivity contribution >= 4 is 44.6 Å². The Labute approximate surface area is 149 Å². The number of hydrogen-bond donors (Lipinski definition) is 1. The topological polar surface area (TPSA) is 75.7 Å². The molecule has 0 aliphatic carbocycles. The first kappa shape index (κ1) is 17.4. The molecule has 0 spiro atoms.